The number of carbonyl (C=O) groups is 3. The van der Waals surface area contributed by atoms with Gasteiger partial charge in [0, 0.05) is 0 Å². The van der Waals surface area contributed by atoms with Crippen molar-refractivity contribution < 1.29 is 29.0 Å². The highest BCUT2D eigenvalue weighted by Gasteiger charge is 2.59. The number of rotatable bonds is 6. The number of carboxylic acid groups (broad SMARTS) is 1. The zero-order valence-electron chi connectivity index (χ0n) is 14.6. The van der Waals surface area contributed by atoms with E-state index in [-0.39, 0.29) is 41.2 Å². The molecule has 2 bridgehead atoms. The molecule has 4 atom stereocenters. The number of allylic oxidation sites excluding steroid dienone is 2. The fourth-order valence-electron chi connectivity index (χ4n) is 4.15. The number of benzene rings is 1. The number of imide groups is 1. The zero-order valence-corrected chi connectivity index (χ0v) is 14.6. The summed E-state index contributed by atoms with van der Waals surface area (Å²) in [5.74, 6) is -1.26. The number of aliphatic carboxylic acids is 1. The number of methoxy groups -OCH3 is 1. The number of ether oxygens (including phenoxy) is 2. The lowest BCUT2D eigenvalue weighted by Crippen LogP contribution is -2.28. The van der Waals surface area contributed by atoms with Gasteiger partial charge in [0.1, 0.15) is 0 Å². The zero-order chi connectivity index (χ0) is 19.1. The third kappa shape index (κ3) is 2.87. The van der Waals surface area contributed by atoms with Crippen LogP contribution >= 0.6 is 0 Å². The van der Waals surface area contributed by atoms with Gasteiger partial charge >= 0.3 is 5.97 Å². The second-order valence-electron chi connectivity index (χ2n) is 6.83. The molecular formula is C19H18N2O6. The number of nitrogens with zero attached hydrogens (tertiary/aromatic N) is 2. The second kappa shape index (κ2) is 6.53. The molecule has 0 aromatic heterocycles. The Morgan fingerprint density at radius 1 is 1.22 bits per heavy atom. The van der Waals surface area contributed by atoms with Gasteiger partial charge in [-0.3, -0.25) is 9.59 Å². The maximum absolute atomic E-state index is 12.6. The van der Waals surface area contributed by atoms with Gasteiger partial charge in [-0.25, -0.2) is 4.79 Å². The Balaban J connectivity index is 1.51. The first kappa shape index (κ1) is 17.3. The van der Waals surface area contributed by atoms with Gasteiger partial charge in [0.2, 0.25) is 0 Å². The average Bonchev–Trinajstić information content (AvgIpc) is 3.33. The van der Waals surface area contributed by atoms with E-state index in [9.17, 15) is 14.4 Å². The number of hydrogen-bond donors (Lipinski definition) is 1. The fraction of sp³-hybridized carbons (Fsp3) is 0.368. The minimum absolute atomic E-state index is 0.141. The Bertz CT molecular complexity index is 847. The number of carbonyl (C=O) groups excluding carboxylic acids is 2. The molecule has 4 rings (SSSR count). The third-order valence-corrected chi connectivity index (χ3v) is 5.31. The van der Waals surface area contributed by atoms with Crippen LogP contribution in [0, 0.1) is 23.7 Å². The lowest BCUT2D eigenvalue weighted by Gasteiger charge is -2.13. The molecule has 0 spiro atoms. The van der Waals surface area contributed by atoms with Gasteiger partial charge in [-0.1, -0.05) is 12.2 Å². The standard InChI is InChI=1S/C19H18N2O6/c1-26-14-6-10(2-5-13(14)27-9-15(22)23)8-20-21-18(24)16-11-3-4-12(7-11)17(16)19(21)25/h2-6,8,11-12,16-17H,7,9H2,1H3,(H,22,23)/t11-,12-,16-,17+/m0/s1. The number of amides is 2. The molecule has 2 amide bonds. The van der Waals surface area contributed by atoms with Crippen molar-refractivity contribution in [1.82, 2.24) is 5.01 Å². The highest BCUT2D eigenvalue weighted by atomic mass is 16.5. The second-order valence-corrected chi connectivity index (χ2v) is 6.83. The van der Waals surface area contributed by atoms with E-state index in [0.29, 0.717) is 11.3 Å². The summed E-state index contributed by atoms with van der Waals surface area (Å²) in [6.07, 6.45) is 6.35. The molecule has 8 nitrogen and oxygen atoms in total. The Morgan fingerprint density at radius 3 is 2.48 bits per heavy atom. The normalized spacial score (nSPS) is 28.3. The Hall–Kier alpha value is -3.16. The molecule has 0 unspecified atom stereocenters. The molecule has 140 valence electrons. The highest BCUT2D eigenvalue weighted by Crippen LogP contribution is 2.52. The van der Waals surface area contributed by atoms with Crippen molar-refractivity contribution in [3.8, 4) is 11.5 Å². The third-order valence-electron chi connectivity index (χ3n) is 5.31. The maximum Gasteiger partial charge on any atom is 0.341 e. The number of carboxylic acids is 1. The van der Waals surface area contributed by atoms with Crippen molar-refractivity contribution in [1.29, 1.82) is 0 Å². The first-order valence-corrected chi connectivity index (χ1v) is 8.62. The topological polar surface area (TPSA) is 106 Å². The van der Waals surface area contributed by atoms with Gasteiger partial charge in [-0.2, -0.15) is 10.1 Å². The summed E-state index contributed by atoms with van der Waals surface area (Å²) in [7, 11) is 1.43. The number of fused-ring (bicyclic) bond motifs is 5. The van der Waals surface area contributed by atoms with Gasteiger partial charge < -0.3 is 14.6 Å². The maximum atomic E-state index is 12.6. The summed E-state index contributed by atoms with van der Waals surface area (Å²) in [5, 5.41) is 13.8. The molecular weight excluding hydrogens is 352 g/mol. The summed E-state index contributed by atoms with van der Waals surface area (Å²) < 4.78 is 10.3. The van der Waals surface area contributed by atoms with E-state index in [1.807, 2.05) is 12.2 Å². The molecule has 8 heteroatoms. The van der Waals surface area contributed by atoms with E-state index < -0.39 is 12.6 Å². The van der Waals surface area contributed by atoms with E-state index in [0.717, 1.165) is 11.4 Å². The van der Waals surface area contributed by atoms with Crippen molar-refractivity contribution in [2.45, 2.75) is 6.42 Å². The molecule has 1 aromatic carbocycles. The van der Waals surface area contributed by atoms with Crippen LogP contribution in [0.15, 0.2) is 35.5 Å². The molecule has 2 aliphatic carbocycles. The van der Waals surface area contributed by atoms with E-state index >= 15 is 0 Å². The lowest BCUT2D eigenvalue weighted by molar-refractivity contribution is -0.141. The quantitative estimate of drug-likeness (QED) is 0.460. The van der Waals surface area contributed by atoms with Gasteiger partial charge in [-0.05, 0) is 42.0 Å². The van der Waals surface area contributed by atoms with E-state index in [4.69, 9.17) is 14.6 Å². The summed E-state index contributed by atoms with van der Waals surface area (Å²) in [6.45, 7) is -0.486. The monoisotopic (exact) mass is 370 g/mol. The van der Waals surface area contributed by atoms with Crippen molar-refractivity contribution >= 4 is 24.0 Å². The average molecular weight is 370 g/mol. The van der Waals surface area contributed by atoms with Crippen LogP contribution in [0.5, 0.6) is 11.5 Å². The summed E-state index contributed by atoms with van der Waals surface area (Å²) in [4.78, 5) is 35.8. The van der Waals surface area contributed by atoms with E-state index in [2.05, 4.69) is 5.10 Å². The minimum Gasteiger partial charge on any atom is -0.493 e. The van der Waals surface area contributed by atoms with E-state index in [1.165, 1.54) is 13.3 Å². The first-order valence-electron chi connectivity index (χ1n) is 8.62. The summed E-state index contributed by atoms with van der Waals surface area (Å²) in [5.41, 5.74) is 0.591. The molecule has 1 aromatic rings. The SMILES string of the molecule is COc1cc(C=NN2C(=O)[C@@H]3[C@H](C2=O)[C@H]2C=C[C@H]3C2)ccc1OCC(=O)O. The molecule has 1 N–H and O–H groups in total. The molecule has 2 fully saturated rings. The molecule has 1 saturated heterocycles. The van der Waals surface area contributed by atoms with Crippen molar-refractivity contribution in [3.05, 3.63) is 35.9 Å². The van der Waals surface area contributed by atoms with Crippen LogP contribution in [-0.4, -0.2) is 47.8 Å². The lowest BCUT2D eigenvalue weighted by atomic mass is 9.85. The van der Waals surface area contributed by atoms with Crippen LogP contribution in [0.4, 0.5) is 0 Å². The first-order chi connectivity index (χ1) is 13.0. The molecule has 0 radical (unpaired) electrons. The van der Waals surface area contributed by atoms with Crippen molar-refractivity contribution in [2.75, 3.05) is 13.7 Å². The number of hydrogen-bond acceptors (Lipinski definition) is 6. The minimum atomic E-state index is -1.09. The van der Waals surface area contributed by atoms with Crippen LogP contribution in [0.25, 0.3) is 0 Å². The van der Waals surface area contributed by atoms with Crippen molar-refractivity contribution in [3.63, 3.8) is 0 Å². The predicted molar refractivity (Wildman–Crippen MR) is 93.3 cm³/mol. The largest absolute Gasteiger partial charge is 0.493 e. The Morgan fingerprint density at radius 2 is 1.89 bits per heavy atom. The van der Waals surface area contributed by atoms with Gasteiger partial charge in [0.05, 0.1) is 25.2 Å². The van der Waals surface area contributed by atoms with Crippen LogP contribution in [0.2, 0.25) is 0 Å². The molecule has 1 aliphatic heterocycles. The van der Waals surface area contributed by atoms with E-state index in [1.54, 1.807) is 18.2 Å². The van der Waals surface area contributed by atoms with Crippen LogP contribution in [0.3, 0.4) is 0 Å². The summed E-state index contributed by atoms with van der Waals surface area (Å²) in [6, 6.07) is 4.79. The number of hydrazone groups is 1. The highest BCUT2D eigenvalue weighted by molar-refractivity contribution is 6.06. The van der Waals surface area contributed by atoms with Gasteiger partial charge in [0.25, 0.3) is 11.8 Å². The fourth-order valence-corrected chi connectivity index (χ4v) is 4.15. The Kier molecular flexibility index (Phi) is 4.18. The van der Waals surface area contributed by atoms with Crippen LogP contribution in [-0.2, 0) is 14.4 Å². The smallest absolute Gasteiger partial charge is 0.341 e. The molecule has 27 heavy (non-hydrogen) atoms. The van der Waals surface area contributed by atoms with Gasteiger partial charge in [0.15, 0.2) is 18.1 Å². The van der Waals surface area contributed by atoms with Crippen LogP contribution < -0.4 is 9.47 Å². The van der Waals surface area contributed by atoms with Gasteiger partial charge in [-0.15, -0.1) is 0 Å². The van der Waals surface area contributed by atoms with Crippen molar-refractivity contribution in [2.24, 2.45) is 28.8 Å². The molecule has 1 heterocycles. The van der Waals surface area contributed by atoms with Crippen LogP contribution in [0.1, 0.15) is 12.0 Å². The predicted octanol–water partition coefficient (Wildman–Crippen LogP) is 1.30. The Labute approximate surface area is 155 Å². The summed E-state index contributed by atoms with van der Waals surface area (Å²) >= 11 is 0. The molecule has 3 aliphatic rings. The molecule has 1 saturated carbocycles.